The SMILES string of the molecule is CC(c1nccc(CNC2CC2)n1)S(C)(=O)=O. The highest BCUT2D eigenvalue weighted by Crippen LogP contribution is 2.20. The summed E-state index contributed by atoms with van der Waals surface area (Å²) < 4.78 is 22.8. The van der Waals surface area contributed by atoms with Gasteiger partial charge in [0.1, 0.15) is 11.1 Å². The number of nitrogens with zero attached hydrogens (tertiary/aromatic N) is 2. The Morgan fingerprint density at radius 1 is 1.53 bits per heavy atom. The minimum absolute atomic E-state index is 0.377. The van der Waals surface area contributed by atoms with Crippen LogP contribution in [0.15, 0.2) is 12.3 Å². The number of nitrogens with one attached hydrogen (secondary N) is 1. The van der Waals surface area contributed by atoms with E-state index in [1.807, 2.05) is 6.07 Å². The number of sulfone groups is 1. The summed E-state index contributed by atoms with van der Waals surface area (Å²) in [5, 5.41) is 2.69. The molecular formula is C11H17N3O2S. The van der Waals surface area contributed by atoms with Crippen molar-refractivity contribution in [1.29, 1.82) is 0 Å². The average Bonchev–Trinajstić information content (AvgIpc) is 3.08. The lowest BCUT2D eigenvalue weighted by Crippen LogP contribution is -2.18. The van der Waals surface area contributed by atoms with Gasteiger partial charge in [-0.3, -0.25) is 0 Å². The highest BCUT2D eigenvalue weighted by molar-refractivity contribution is 7.90. The molecule has 2 rings (SSSR count). The second-order valence-electron chi connectivity index (χ2n) is 4.53. The van der Waals surface area contributed by atoms with Crippen LogP contribution in [0.1, 0.15) is 36.5 Å². The molecule has 94 valence electrons. The average molecular weight is 255 g/mol. The molecule has 1 atom stereocenters. The Morgan fingerprint density at radius 3 is 2.82 bits per heavy atom. The summed E-state index contributed by atoms with van der Waals surface area (Å²) in [6, 6.07) is 2.43. The third kappa shape index (κ3) is 3.47. The number of aromatic nitrogens is 2. The van der Waals surface area contributed by atoms with Crippen LogP contribution in [0.25, 0.3) is 0 Å². The van der Waals surface area contributed by atoms with Gasteiger partial charge < -0.3 is 5.32 Å². The van der Waals surface area contributed by atoms with E-state index in [1.165, 1.54) is 19.1 Å². The summed E-state index contributed by atoms with van der Waals surface area (Å²) >= 11 is 0. The van der Waals surface area contributed by atoms with Crippen molar-refractivity contribution < 1.29 is 8.42 Å². The van der Waals surface area contributed by atoms with Crippen LogP contribution in [0.3, 0.4) is 0 Å². The van der Waals surface area contributed by atoms with Gasteiger partial charge in [-0.25, -0.2) is 18.4 Å². The van der Waals surface area contributed by atoms with E-state index in [1.54, 1.807) is 13.1 Å². The Hall–Kier alpha value is -1.01. The normalized spacial score (nSPS) is 18.0. The quantitative estimate of drug-likeness (QED) is 0.844. The summed E-state index contributed by atoms with van der Waals surface area (Å²) in [6.07, 6.45) is 5.26. The predicted octanol–water partition coefficient (Wildman–Crippen LogP) is 0.834. The number of hydrogen-bond donors (Lipinski definition) is 1. The molecule has 1 unspecified atom stereocenters. The molecule has 17 heavy (non-hydrogen) atoms. The molecule has 1 aliphatic carbocycles. The molecule has 1 saturated carbocycles. The molecule has 1 aromatic rings. The van der Waals surface area contributed by atoms with Crippen molar-refractivity contribution >= 4 is 9.84 Å². The third-order valence-electron chi connectivity index (χ3n) is 2.89. The lowest BCUT2D eigenvalue weighted by molar-refractivity contribution is 0.588. The maximum absolute atomic E-state index is 11.4. The molecule has 1 fully saturated rings. The topological polar surface area (TPSA) is 72.0 Å². The van der Waals surface area contributed by atoms with E-state index < -0.39 is 15.1 Å². The predicted molar refractivity (Wildman–Crippen MR) is 65.2 cm³/mol. The molecule has 1 aromatic heterocycles. The van der Waals surface area contributed by atoms with E-state index in [4.69, 9.17) is 0 Å². The van der Waals surface area contributed by atoms with Gasteiger partial charge in [-0.15, -0.1) is 0 Å². The lowest BCUT2D eigenvalue weighted by Gasteiger charge is -2.09. The molecule has 0 saturated heterocycles. The van der Waals surface area contributed by atoms with E-state index >= 15 is 0 Å². The first-order valence-electron chi connectivity index (χ1n) is 5.71. The fourth-order valence-corrected chi connectivity index (χ4v) is 1.93. The highest BCUT2D eigenvalue weighted by Gasteiger charge is 2.22. The standard InChI is InChI=1S/C11H17N3O2S/c1-8(17(2,15)16)11-12-6-5-10(14-11)7-13-9-3-4-9/h5-6,8-9,13H,3-4,7H2,1-2H3. The van der Waals surface area contributed by atoms with Gasteiger partial charge in [0.25, 0.3) is 0 Å². The maximum atomic E-state index is 11.4. The van der Waals surface area contributed by atoms with E-state index in [9.17, 15) is 8.42 Å². The monoisotopic (exact) mass is 255 g/mol. The first-order chi connectivity index (χ1) is 7.97. The molecule has 6 heteroatoms. The summed E-state index contributed by atoms with van der Waals surface area (Å²) in [7, 11) is -3.14. The van der Waals surface area contributed by atoms with Crippen LogP contribution in [0.2, 0.25) is 0 Å². The summed E-state index contributed by atoms with van der Waals surface area (Å²) in [5.41, 5.74) is 0.845. The van der Waals surface area contributed by atoms with Crippen molar-refractivity contribution in [1.82, 2.24) is 15.3 Å². The zero-order chi connectivity index (χ0) is 12.5. The lowest BCUT2D eigenvalue weighted by atomic mass is 10.3. The van der Waals surface area contributed by atoms with Gasteiger partial charge in [0, 0.05) is 25.0 Å². The molecular weight excluding hydrogens is 238 g/mol. The Labute approximate surface area is 102 Å². The van der Waals surface area contributed by atoms with Crippen LogP contribution in [0.5, 0.6) is 0 Å². The number of hydrogen-bond acceptors (Lipinski definition) is 5. The maximum Gasteiger partial charge on any atom is 0.157 e. The highest BCUT2D eigenvalue weighted by atomic mass is 32.2. The van der Waals surface area contributed by atoms with Crippen LogP contribution in [-0.2, 0) is 16.4 Å². The molecule has 5 nitrogen and oxygen atoms in total. The van der Waals surface area contributed by atoms with Gasteiger partial charge in [0.15, 0.2) is 9.84 Å². The Bertz CT molecular complexity index is 497. The molecule has 0 aliphatic heterocycles. The van der Waals surface area contributed by atoms with Crippen molar-refractivity contribution in [3.8, 4) is 0 Å². The van der Waals surface area contributed by atoms with Crippen LogP contribution < -0.4 is 5.32 Å². The molecule has 0 bridgehead atoms. The fourth-order valence-electron chi connectivity index (χ4n) is 1.44. The van der Waals surface area contributed by atoms with Crippen LogP contribution in [-0.4, -0.2) is 30.7 Å². The Kier molecular flexibility index (Phi) is 3.44. The minimum atomic E-state index is -3.14. The summed E-state index contributed by atoms with van der Waals surface area (Å²) in [5.74, 6) is 0.377. The van der Waals surface area contributed by atoms with Crippen LogP contribution >= 0.6 is 0 Å². The smallest absolute Gasteiger partial charge is 0.157 e. The molecule has 1 N–H and O–H groups in total. The zero-order valence-corrected chi connectivity index (χ0v) is 10.9. The Balaban J connectivity index is 2.09. The van der Waals surface area contributed by atoms with Gasteiger partial charge in [-0.05, 0) is 25.8 Å². The van der Waals surface area contributed by atoms with Crippen LogP contribution in [0, 0.1) is 0 Å². The first kappa shape index (κ1) is 12.4. The fraction of sp³-hybridized carbons (Fsp3) is 0.636. The zero-order valence-electron chi connectivity index (χ0n) is 10.0. The van der Waals surface area contributed by atoms with Gasteiger partial charge >= 0.3 is 0 Å². The van der Waals surface area contributed by atoms with Gasteiger partial charge in [-0.1, -0.05) is 0 Å². The van der Waals surface area contributed by atoms with Crippen molar-refractivity contribution in [3.05, 3.63) is 23.8 Å². The first-order valence-corrected chi connectivity index (χ1v) is 7.66. The molecule has 1 aliphatic rings. The molecule has 0 aromatic carbocycles. The van der Waals surface area contributed by atoms with Crippen LogP contribution in [0.4, 0.5) is 0 Å². The van der Waals surface area contributed by atoms with Gasteiger partial charge in [0.2, 0.25) is 0 Å². The van der Waals surface area contributed by atoms with Gasteiger partial charge in [0.05, 0.1) is 5.69 Å². The number of rotatable bonds is 5. The van der Waals surface area contributed by atoms with E-state index in [0.717, 1.165) is 5.69 Å². The van der Waals surface area contributed by atoms with E-state index in [0.29, 0.717) is 18.4 Å². The van der Waals surface area contributed by atoms with Crippen molar-refractivity contribution in [2.24, 2.45) is 0 Å². The molecule has 0 spiro atoms. The minimum Gasteiger partial charge on any atom is -0.308 e. The van der Waals surface area contributed by atoms with E-state index in [-0.39, 0.29) is 0 Å². The van der Waals surface area contributed by atoms with Crippen molar-refractivity contribution in [3.63, 3.8) is 0 Å². The van der Waals surface area contributed by atoms with Crippen molar-refractivity contribution in [2.45, 2.75) is 37.6 Å². The largest absolute Gasteiger partial charge is 0.308 e. The Morgan fingerprint density at radius 2 is 2.24 bits per heavy atom. The van der Waals surface area contributed by atoms with Gasteiger partial charge in [-0.2, -0.15) is 0 Å². The molecule has 1 heterocycles. The van der Waals surface area contributed by atoms with E-state index in [2.05, 4.69) is 15.3 Å². The summed E-state index contributed by atoms with van der Waals surface area (Å²) in [4.78, 5) is 8.32. The second-order valence-corrected chi connectivity index (χ2v) is 6.90. The third-order valence-corrected chi connectivity index (χ3v) is 4.38. The molecule has 0 amide bonds. The molecule has 0 radical (unpaired) electrons. The van der Waals surface area contributed by atoms with Crippen molar-refractivity contribution in [2.75, 3.05) is 6.26 Å². The second kappa shape index (κ2) is 4.70. The summed E-state index contributed by atoms with van der Waals surface area (Å²) in [6.45, 7) is 2.29.